The van der Waals surface area contributed by atoms with Gasteiger partial charge in [0.05, 0.1) is 6.10 Å². The van der Waals surface area contributed by atoms with Crippen LogP contribution in [0.4, 0.5) is 0 Å². The van der Waals surface area contributed by atoms with Crippen molar-refractivity contribution in [3.63, 3.8) is 0 Å². The summed E-state index contributed by atoms with van der Waals surface area (Å²) in [4.78, 5) is 0. The molecule has 0 unspecified atom stereocenters. The smallest absolute Gasteiger partial charge is 0.0720 e. The highest BCUT2D eigenvalue weighted by atomic mass is 79.9. The van der Waals surface area contributed by atoms with Crippen molar-refractivity contribution in [3.8, 4) is 0 Å². The van der Waals surface area contributed by atoms with E-state index in [4.69, 9.17) is 0 Å². The molecular formula is C19H37BrO. The monoisotopic (exact) mass is 360 g/mol. The molecule has 0 heterocycles. The van der Waals surface area contributed by atoms with E-state index in [0.29, 0.717) is 0 Å². The van der Waals surface area contributed by atoms with E-state index in [1.54, 1.807) is 0 Å². The number of allylic oxidation sites excluding steroid dienone is 1. The Kier molecular flexibility index (Phi) is 18.4. The zero-order valence-electron chi connectivity index (χ0n) is 14.2. The number of halogens is 1. The molecule has 0 bridgehead atoms. The van der Waals surface area contributed by atoms with E-state index < -0.39 is 0 Å². The number of alkyl halides is 1. The maximum absolute atomic E-state index is 9.67. The fraction of sp³-hybridized carbons (Fsp3) is 0.895. The zero-order chi connectivity index (χ0) is 15.6. The summed E-state index contributed by atoms with van der Waals surface area (Å²) >= 11 is 3.48. The topological polar surface area (TPSA) is 20.2 Å². The Labute approximate surface area is 141 Å². The van der Waals surface area contributed by atoms with Crippen molar-refractivity contribution in [1.29, 1.82) is 0 Å². The second kappa shape index (κ2) is 18.2. The van der Waals surface area contributed by atoms with Crippen molar-refractivity contribution in [2.75, 3.05) is 5.33 Å². The molecule has 1 atom stereocenters. The van der Waals surface area contributed by atoms with Gasteiger partial charge in [-0.25, -0.2) is 0 Å². The van der Waals surface area contributed by atoms with E-state index >= 15 is 0 Å². The molecule has 0 radical (unpaired) electrons. The van der Waals surface area contributed by atoms with Gasteiger partial charge in [-0.1, -0.05) is 99.2 Å². The lowest BCUT2D eigenvalue weighted by molar-refractivity contribution is 0.209. The van der Waals surface area contributed by atoms with Gasteiger partial charge in [0.25, 0.3) is 0 Å². The van der Waals surface area contributed by atoms with Crippen LogP contribution < -0.4 is 0 Å². The Bertz CT molecular complexity index is 216. The number of rotatable bonds is 16. The van der Waals surface area contributed by atoms with Crippen LogP contribution in [0.3, 0.4) is 0 Å². The van der Waals surface area contributed by atoms with Gasteiger partial charge >= 0.3 is 0 Å². The lowest BCUT2D eigenvalue weighted by atomic mass is 10.1. The van der Waals surface area contributed by atoms with Crippen LogP contribution in [0.25, 0.3) is 0 Å². The van der Waals surface area contributed by atoms with Gasteiger partial charge in [0, 0.05) is 5.33 Å². The molecule has 0 saturated heterocycles. The summed E-state index contributed by atoms with van der Waals surface area (Å²) in [5.74, 6) is 0. The lowest BCUT2D eigenvalue weighted by Crippen LogP contribution is -2.00. The molecule has 0 spiro atoms. The molecule has 0 saturated carbocycles. The van der Waals surface area contributed by atoms with E-state index in [-0.39, 0.29) is 6.10 Å². The molecule has 1 N–H and O–H groups in total. The third kappa shape index (κ3) is 18.1. The Morgan fingerprint density at radius 1 is 0.810 bits per heavy atom. The van der Waals surface area contributed by atoms with Crippen molar-refractivity contribution in [3.05, 3.63) is 12.2 Å². The third-order valence-electron chi connectivity index (χ3n) is 3.97. The van der Waals surface area contributed by atoms with Crippen LogP contribution in [-0.4, -0.2) is 16.5 Å². The van der Waals surface area contributed by atoms with Gasteiger partial charge in [-0.15, -0.1) is 0 Å². The minimum atomic E-state index is -0.213. The highest BCUT2D eigenvalue weighted by Gasteiger charge is 1.96. The van der Waals surface area contributed by atoms with Crippen molar-refractivity contribution in [1.82, 2.24) is 0 Å². The molecule has 0 aromatic heterocycles. The molecule has 0 aliphatic rings. The molecule has 0 aliphatic heterocycles. The Hall–Kier alpha value is 0.180. The number of aliphatic hydroxyl groups excluding tert-OH is 1. The number of aliphatic hydroxyl groups is 1. The summed E-state index contributed by atoms with van der Waals surface area (Å²) in [6.07, 6.45) is 22.1. The fourth-order valence-electron chi connectivity index (χ4n) is 2.53. The van der Waals surface area contributed by atoms with Crippen molar-refractivity contribution < 1.29 is 5.11 Å². The average Bonchev–Trinajstić information content (AvgIpc) is 2.49. The fourth-order valence-corrected chi connectivity index (χ4v) is 2.93. The molecule has 0 aromatic rings. The first kappa shape index (κ1) is 21.2. The SMILES string of the molecule is CCCC[C@H](O)/C=C/CCCCCCCCCCCCBr. The van der Waals surface area contributed by atoms with Crippen LogP contribution in [0.1, 0.15) is 96.8 Å². The van der Waals surface area contributed by atoms with E-state index in [2.05, 4.69) is 28.9 Å². The summed E-state index contributed by atoms with van der Waals surface area (Å²) in [7, 11) is 0. The first-order chi connectivity index (χ1) is 10.3. The standard InChI is InChI=1S/C19H37BrO/c1-2-3-16-19(21)17-14-12-10-8-6-4-5-7-9-11-13-15-18-20/h14,17,19,21H,2-13,15-16,18H2,1H3/b17-14+/t19-/m0/s1. The molecule has 126 valence electrons. The highest BCUT2D eigenvalue weighted by molar-refractivity contribution is 9.09. The predicted molar refractivity (Wildman–Crippen MR) is 99.3 cm³/mol. The van der Waals surface area contributed by atoms with E-state index in [0.717, 1.165) is 24.6 Å². The van der Waals surface area contributed by atoms with Gasteiger partial charge in [-0.2, -0.15) is 0 Å². The first-order valence-corrected chi connectivity index (χ1v) is 10.3. The van der Waals surface area contributed by atoms with Crippen LogP contribution in [-0.2, 0) is 0 Å². The Balaban J connectivity index is 3.13. The molecule has 0 aromatic carbocycles. The molecule has 0 amide bonds. The van der Waals surface area contributed by atoms with Gasteiger partial charge in [0.15, 0.2) is 0 Å². The van der Waals surface area contributed by atoms with E-state index in [1.807, 2.05) is 6.08 Å². The van der Waals surface area contributed by atoms with Gasteiger partial charge < -0.3 is 5.11 Å². The molecule has 0 rings (SSSR count). The number of hydrogen-bond acceptors (Lipinski definition) is 1. The zero-order valence-corrected chi connectivity index (χ0v) is 15.7. The lowest BCUT2D eigenvalue weighted by Gasteiger charge is -2.03. The summed E-state index contributed by atoms with van der Waals surface area (Å²) < 4.78 is 0. The van der Waals surface area contributed by atoms with Crippen LogP contribution >= 0.6 is 15.9 Å². The predicted octanol–water partition coefficient (Wildman–Crippen LogP) is 6.78. The average molecular weight is 361 g/mol. The van der Waals surface area contributed by atoms with Crippen molar-refractivity contribution in [2.45, 2.75) is 103 Å². The minimum Gasteiger partial charge on any atom is -0.389 e. The van der Waals surface area contributed by atoms with Gasteiger partial charge in [0.1, 0.15) is 0 Å². The third-order valence-corrected chi connectivity index (χ3v) is 4.53. The molecular weight excluding hydrogens is 324 g/mol. The molecule has 2 heteroatoms. The van der Waals surface area contributed by atoms with E-state index in [9.17, 15) is 5.11 Å². The summed E-state index contributed by atoms with van der Waals surface area (Å²) in [5.41, 5.74) is 0. The molecule has 1 nitrogen and oxygen atoms in total. The van der Waals surface area contributed by atoms with E-state index in [1.165, 1.54) is 70.6 Å². The maximum Gasteiger partial charge on any atom is 0.0720 e. The second-order valence-corrected chi connectivity index (χ2v) is 6.94. The molecule has 21 heavy (non-hydrogen) atoms. The Morgan fingerprint density at radius 2 is 1.33 bits per heavy atom. The summed E-state index contributed by atoms with van der Waals surface area (Å²) in [5, 5.41) is 10.8. The highest BCUT2D eigenvalue weighted by Crippen LogP contribution is 2.12. The van der Waals surface area contributed by atoms with Crippen LogP contribution in [0.15, 0.2) is 12.2 Å². The van der Waals surface area contributed by atoms with Gasteiger partial charge in [-0.05, 0) is 25.7 Å². The largest absolute Gasteiger partial charge is 0.389 e. The minimum absolute atomic E-state index is 0.213. The van der Waals surface area contributed by atoms with Crippen molar-refractivity contribution in [2.24, 2.45) is 0 Å². The quantitative estimate of drug-likeness (QED) is 0.182. The molecule has 0 fully saturated rings. The maximum atomic E-state index is 9.67. The Morgan fingerprint density at radius 3 is 1.86 bits per heavy atom. The van der Waals surface area contributed by atoms with Crippen LogP contribution in [0.2, 0.25) is 0 Å². The molecule has 0 aliphatic carbocycles. The first-order valence-electron chi connectivity index (χ1n) is 9.22. The summed E-state index contributed by atoms with van der Waals surface area (Å²) in [6, 6.07) is 0. The van der Waals surface area contributed by atoms with Gasteiger partial charge in [0.2, 0.25) is 0 Å². The number of hydrogen-bond donors (Lipinski definition) is 1. The van der Waals surface area contributed by atoms with Crippen LogP contribution in [0.5, 0.6) is 0 Å². The van der Waals surface area contributed by atoms with Crippen molar-refractivity contribution >= 4 is 15.9 Å². The van der Waals surface area contributed by atoms with Gasteiger partial charge in [-0.3, -0.25) is 0 Å². The normalized spacial score (nSPS) is 13.1. The van der Waals surface area contributed by atoms with Crippen LogP contribution in [0, 0.1) is 0 Å². The second-order valence-electron chi connectivity index (χ2n) is 6.15. The summed E-state index contributed by atoms with van der Waals surface area (Å²) in [6.45, 7) is 2.17. The number of unbranched alkanes of at least 4 members (excludes halogenated alkanes) is 11.